The third-order valence-corrected chi connectivity index (χ3v) is 5.38. The first-order valence-corrected chi connectivity index (χ1v) is 7.72. The summed E-state index contributed by atoms with van der Waals surface area (Å²) < 4.78 is 52.8. The van der Waals surface area contributed by atoms with E-state index >= 15 is 0 Å². The number of anilines is 1. The number of nitrogens with zero attached hydrogens (tertiary/aromatic N) is 1. The molecule has 4 N–H and O–H groups in total. The Labute approximate surface area is 120 Å². The summed E-state index contributed by atoms with van der Waals surface area (Å²) >= 11 is 0. The molecule has 9 heteroatoms. The number of hydrogen-bond donors (Lipinski definition) is 2. The molecular weight excluding hydrogens is 304 g/mol. The number of sulfonamides is 1. The van der Waals surface area contributed by atoms with Crippen molar-refractivity contribution in [1.29, 1.82) is 0 Å². The van der Waals surface area contributed by atoms with Crippen LogP contribution in [0.3, 0.4) is 0 Å². The monoisotopic (exact) mass is 319 g/mol. The molecule has 21 heavy (non-hydrogen) atoms. The first-order chi connectivity index (χ1) is 9.75. The van der Waals surface area contributed by atoms with Crippen molar-refractivity contribution in [2.24, 2.45) is 11.7 Å². The topological polar surface area (TPSA) is 106 Å². The fourth-order valence-electron chi connectivity index (χ4n) is 2.28. The lowest BCUT2D eigenvalue weighted by Crippen LogP contribution is -2.44. The van der Waals surface area contributed by atoms with Crippen molar-refractivity contribution >= 4 is 21.6 Å². The summed E-state index contributed by atoms with van der Waals surface area (Å²) in [5, 5.41) is 0. The van der Waals surface area contributed by atoms with Crippen LogP contribution in [0.5, 0.6) is 0 Å². The van der Waals surface area contributed by atoms with E-state index in [2.05, 4.69) is 0 Å². The Balaban J connectivity index is 2.38. The molecule has 0 spiro atoms. The molecule has 0 bridgehead atoms. The number of carbonyl (C=O) groups excluding carboxylic acids is 1. The Kier molecular flexibility index (Phi) is 4.15. The van der Waals surface area contributed by atoms with Gasteiger partial charge >= 0.3 is 0 Å². The maximum absolute atomic E-state index is 13.9. The van der Waals surface area contributed by atoms with Crippen LogP contribution in [-0.4, -0.2) is 31.7 Å². The summed E-state index contributed by atoms with van der Waals surface area (Å²) in [7, 11) is -4.19. The van der Waals surface area contributed by atoms with E-state index in [-0.39, 0.29) is 13.1 Å². The summed E-state index contributed by atoms with van der Waals surface area (Å²) in [4.78, 5) is 10.5. The highest BCUT2D eigenvalue weighted by atomic mass is 32.2. The Bertz CT molecular complexity index is 679. The number of benzene rings is 1. The van der Waals surface area contributed by atoms with Crippen molar-refractivity contribution in [2.45, 2.75) is 17.7 Å². The van der Waals surface area contributed by atoms with E-state index in [1.807, 2.05) is 0 Å². The van der Waals surface area contributed by atoms with Gasteiger partial charge in [0.15, 0.2) is 5.82 Å². The summed E-state index contributed by atoms with van der Waals surface area (Å²) in [5.74, 6) is -3.57. The van der Waals surface area contributed by atoms with E-state index in [0.29, 0.717) is 12.8 Å². The average molecular weight is 319 g/mol. The van der Waals surface area contributed by atoms with Crippen molar-refractivity contribution in [1.82, 2.24) is 4.31 Å². The molecule has 1 amide bonds. The van der Waals surface area contributed by atoms with Gasteiger partial charge in [-0.05, 0) is 25.0 Å². The molecule has 1 heterocycles. The number of nitrogen functional groups attached to an aromatic ring is 1. The van der Waals surface area contributed by atoms with Gasteiger partial charge in [-0.2, -0.15) is 4.31 Å². The minimum Gasteiger partial charge on any atom is -0.394 e. The summed E-state index contributed by atoms with van der Waals surface area (Å²) in [5.41, 5.74) is 9.51. The predicted octanol–water partition coefficient (Wildman–Crippen LogP) is 0.433. The standard InChI is InChI=1S/C12H15F2N3O3S/c13-8-3-4-9(10(14)11(8)15)21(19,20)17-5-1-2-7(6-17)12(16)18/h3-4,7H,1-2,5-6,15H2,(H2,16,18). The summed E-state index contributed by atoms with van der Waals surface area (Å²) in [6.45, 7) is 0.0250. The number of halogens is 2. The van der Waals surface area contributed by atoms with Crippen molar-refractivity contribution < 1.29 is 22.0 Å². The molecule has 1 aliphatic heterocycles. The Hall–Kier alpha value is -1.74. The van der Waals surface area contributed by atoms with Gasteiger partial charge in [0.1, 0.15) is 16.4 Å². The van der Waals surface area contributed by atoms with Gasteiger partial charge in [-0.3, -0.25) is 4.79 Å². The molecule has 0 radical (unpaired) electrons. The molecule has 1 aromatic carbocycles. The molecule has 0 aromatic heterocycles. The normalized spacial score (nSPS) is 20.4. The van der Waals surface area contributed by atoms with E-state index in [9.17, 15) is 22.0 Å². The highest BCUT2D eigenvalue weighted by Gasteiger charge is 2.34. The number of nitrogens with two attached hydrogens (primary N) is 2. The molecule has 1 fully saturated rings. The lowest BCUT2D eigenvalue weighted by atomic mass is 9.99. The number of carbonyl (C=O) groups is 1. The van der Waals surface area contributed by atoms with E-state index in [1.165, 1.54) is 0 Å². The van der Waals surface area contributed by atoms with Crippen LogP contribution in [0.2, 0.25) is 0 Å². The molecule has 6 nitrogen and oxygen atoms in total. The molecule has 1 aromatic rings. The zero-order chi connectivity index (χ0) is 15.8. The van der Waals surface area contributed by atoms with E-state index in [4.69, 9.17) is 11.5 Å². The van der Waals surface area contributed by atoms with Crippen LogP contribution in [0.15, 0.2) is 17.0 Å². The minimum atomic E-state index is -4.19. The molecule has 2 rings (SSSR count). The Morgan fingerprint density at radius 1 is 1.33 bits per heavy atom. The van der Waals surface area contributed by atoms with Gasteiger partial charge in [0, 0.05) is 13.1 Å². The van der Waals surface area contributed by atoms with Gasteiger partial charge in [-0.25, -0.2) is 17.2 Å². The van der Waals surface area contributed by atoms with Crippen LogP contribution in [0.1, 0.15) is 12.8 Å². The minimum absolute atomic E-state index is 0.117. The van der Waals surface area contributed by atoms with Crippen molar-refractivity contribution in [3.63, 3.8) is 0 Å². The van der Waals surface area contributed by atoms with Gasteiger partial charge in [0.2, 0.25) is 15.9 Å². The smallest absolute Gasteiger partial charge is 0.246 e. The zero-order valence-corrected chi connectivity index (χ0v) is 11.9. The van der Waals surface area contributed by atoms with Crippen LogP contribution >= 0.6 is 0 Å². The van der Waals surface area contributed by atoms with E-state index in [1.54, 1.807) is 0 Å². The first kappa shape index (κ1) is 15.6. The van der Waals surface area contributed by atoms with Crippen LogP contribution in [0.4, 0.5) is 14.5 Å². The van der Waals surface area contributed by atoms with E-state index < -0.39 is 44.1 Å². The van der Waals surface area contributed by atoms with Gasteiger partial charge in [0.05, 0.1) is 5.92 Å². The highest BCUT2D eigenvalue weighted by molar-refractivity contribution is 7.89. The average Bonchev–Trinajstić information content (AvgIpc) is 2.44. The van der Waals surface area contributed by atoms with Crippen LogP contribution in [-0.2, 0) is 14.8 Å². The quantitative estimate of drug-likeness (QED) is 0.788. The number of rotatable bonds is 3. The molecular formula is C12H15F2N3O3S. The molecule has 1 aliphatic rings. The maximum Gasteiger partial charge on any atom is 0.246 e. The lowest BCUT2D eigenvalue weighted by Gasteiger charge is -2.30. The second kappa shape index (κ2) is 5.57. The second-order valence-electron chi connectivity index (χ2n) is 4.88. The third-order valence-electron chi connectivity index (χ3n) is 3.50. The summed E-state index contributed by atoms with van der Waals surface area (Å²) in [6.07, 6.45) is 0.917. The van der Waals surface area contributed by atoms with Crippen molar-refractivity contribution in [3.8, 4) is 0 Å². The third kappa shape index (κ3) is 2.84. The molecule has 0 saturated carbocycles. The molecule has 1 atom stereocenters. The van der Waals surface area contributed by atoms with Gasteiger partial charge in [-0.15, -0.1) is 0 Å². The second-order valence-corrected chi connectivity index (χ2v) is 6.78. The molecule has 1 saturated heterocycles. The first-order valence-electron chi connectivity index (χ1n) is 6.28. The largest absolute Gasteiger partial charge is 0.394 e. The fourth-order valence-corrected chi connectivity index (χ4v) is 3.88. The fraction of sp³-hybridized carbons (Fsp3) is 0.417. The van der Waals surface area contributed by atoms with Crippen LogP contribution in [0, 0.1) is 17.6 Å². The lowest BCUT2D eigenvalue weighted by molar-refractivity contribution is -0.122. The predicted molar refractivity (Wildman–Crippen MR) is 71.4 cm³/mol. The number of primary amides is 1. The van der Waals surface area contributed by atoms with Gasteiger partial charge < -0.3 is 11.5 Å². The number of piperidine rings is 1. The zero-order valence-electron chi connectivity index (χ0n) is 11.1. The number of hydrogen-bond acceptors (Lipinski definition) is 4. The summed E-state index contributed by atoms with van der Waals surface area (Å²) in [6, 6.07) is 1.62. The van der Waals surface area contributed by atoms with Gasteiger partial charge in [-0.1, -0.05) is 0 Å². The van der Waals surface area contributed by atoms with Crippen molar-refractivity contribution in [2.75, 3.05) is 18.8 Å². The molecule has 116 valence electrons. The van der Waals surface area contributed by atoms with Crippen LogP contribution < -0.4 is 11.5 Å². The molecule has 0 aliphatic carbocycles. The number of amides is 1. The maximum atomic E-state index is 13.9. The van der Waals surface area contributed by atoms with Crippen molar-refractivity contribution in [3.05, 3.63) is 23.8 Å². The SMILES string of the molecule is NC(=O)C1CCCN(S(=O)(=O)c2ccc(F)c(N)c2F)C1. The van der Waals surface area contributed by atoms with Gasteiger partial charge in [0.25, 0.3) is 0 Å². The Morgan fingerprint density at radius 3 is 2.62 bits per heavy atom. The highest BCUT2D eigenvalue weighted by Crippen LogP contribution is 2.28. The Morgan fingerprint density at radius 2 is 2.00 bits per heavy atom. The van der Waals surface area contributed by atoms with E-state index in [0.717, 1.165) is 16.4 Å². The molecule has 1 unspecified atom stereocenters. The van der Waals surface area contributed by atoms with Crippen LogP contribution in [0.25, 0.3) is 0 Å².